The molecule has 1 aromatic carbocycles. The van der Waals surface area contributed by atoms with E-state index in [1.165, 1.54) is 5.56 Å². The van der Waals surface area contributed by atoms with Crippen molar-refractivity contribution < 1.29 is 9.59 Å². The third kappa shape index (κ3) is 4.16. The van der Waals surface area contributed by atoms with Crippen LogP contribution in [0.2, 0.25) is 0 Å². The van der Waals surface area contributed by atoms with Gasteiger partial charge in [0.2, 0.25) is 11.8 Å². The molecule has 2 amide bonds. The van der Waals surface area contributed by atoms with Crippen LogP contribution in [0.15, 0.2) is 12.1 Å². The average Bonchev–Trinajstić information content (AvgIpc) is 2.49. The van der Waals surface area contributed by atoms with E-state index in [1.54, 1.807) is 0 Å². The van der Waals surface area contributed by atoms with Crippen molar-refractivity contribution in [2.45, 2.75) is 54.4 Å². The van der Waals surface area contributed by atoms with Gasteiger partial charge in [-0.2, -0.15) is 0 Å². The molecule has 2 rings (SSSR count). The first-order valence-corrected chi connectivity index (χ1v) is 8.77. The lowest BCUT2D eigenvalue weighted by atomic mass is 9.90. The molecule has 0 saturated carbocycles. The molecule has 1 fully saturated rings. The second kappa shape index (κ2) is 6.96. The lowest BCUT2D eigenvalue weighted by molar-refractivity contribution is -0.142. The summed E-state index contributed by atoms with van der Waals surface area (Å²) in [5.74, 6) is 0.230. The summed E-state index contributed by atoms with van der Waals surface area (Å²) in [7, 11) is 0. The quantitative estimate of drug-likeness (QED) is 0.896. The van der Waals surface area contributed by atoms with Gasteiger partial charge in [0.1, 0.15) is 0 Å². The summed E-state index contributed by atoms with van der Waals surface area (Å²) in [6, 6.07) is 4.18. The Morgan fingerprint density at radius 2 is 1.54 bits per heavy atom. The summed E-state index contributed by atoms with van der Waals surface area (Å²) >= 11 is 0. The normalized spacial score (nSPS) is 16.2. The molecule has 0 atom stereocenters. The van der Waals surface area contributed by atoms with Gasteiger partial charge in [-0.1, -0.05) is 38.5 Å². The SMILES string of the molecule is Cc1cc(C)c(NC(=O)C2CCN(C(=O)C(C)(C)C)CC2)c(C)c1. The summed E-state index contributed by atoms with van der Waals surface area (Å²) < 4.78 is 0. The van der Waals surface area contributed by atoms with Gasteiger partial charge in [0, 0.05) is 30.1 Å². The zero-order valence-electron chi connectivity index (χ0n) is 15.8. The molecule has 4 heteroatoms. The minimum absolute atomic E-state index is 0.0193. The molecule has 1 heterocycles. The molecule has 0 unspecified atom stereocenters. The van der Waals surface area contributed by atoms with Crippen LogP contribution in [0, 0.1) is 32.1 Å². The van der Waals surface area contributed by atoms with Gasteiger partial charge in [-0.25, -0.2) is 0 Å². The molecule has 1 saturated heterocycles. The molecular formula is C20H30N2O2. The van der Waals surface area contributed by atoms with Crippen molar-refractivity contribution in [1.82, 2.24) is 4.90 Å². The first-order valence-electron chi connectivity index (χ1n) is 8.77. The Balaban J connectivity index is 1.98. The Hall–Kier alpha value is -1.84. The topological polar surface area (TPSA) is 49.4 Å². The highest BCUT2D eigenvalue weighted by Gasteiger charge is 2.32. The zero-order chi connectivity index (χ0) is 18.1. The monoisotopic (exact) mass is 330 g/mol. The molecular weight excluding hydrogens is 300 g/mol. The van der Waals surface area contributed by atoms with E-state index in [0.717, 1.165) is 29.7 Å². The first-order chi connectivity index (χ1) is 11.1. The maximum Gasteiger partial charge on any atom is 0.227 e. The van der Waals surface area contributed by atoms with Crippen LogP contribution in [0.1, 0.15) is 50.3 Å². The number of hydrogen-bond acceptors (Lipinski definition) is 2. The molecule has 0 radical (unpaired) electrons. The Kier molecular flexibility index (Phi) is 5.36. The average molecular weight is 330 g/mol. The fourth-order valence-electron chi connectivity index (χ4n) is 3.42. The fourth-order valence-corrected chi connectivity index (χ4v) is 3.42. The smallest absolute Gasteiger partial charge is 0.227 e. The number of anilines is 1. The van der Waals surface area contributed by atoms with Crippen LogP contribution in [0.4, 0.5) is 5.69 Å². The van der Waals surface area contributed by atoms with Crippen LogP contribution >= 0.6 is 0 Å². The number of carbonyl (C=O) groups is 2. The van der Waals surface area contributed by atoms with Crippen molar-refractivity contribution in [3.8, 4) is 0 Å². The van der Waals surface area contributed by atoms with E-state index in [1.807, 2.05) is 39.5 Å². The molecule has 1 N–H and O–H groups in total. The van der Waals surface area contributed by atoms with Crippen molar-refractivity contribution in [2.75, 3.05) is 18.4 Å². The van der Waals surface area contributed by atoms with Gasteiger partial charge in [-0.3, -0.25) is 9.59 Å². The molecule has 24 heavy (non-hydrogen) atoms. The number of hydrogen-bond donors (Lipinski definition) is 1. The molecule has 1 aromatic rings. The van der Waals surface area contributed by atoms with Crippen molar-refractivity contribution in [3.05, 3.63) is 28.8 Å². The minimum atomic E-state index is -0.356. The van der Waals surface area contributed by atoms with Crippen LogP contribution in [-0.4, -0.2) is 29.8 Å². The molecule has 0 aromatic heterocycles. The van der Waals surface area contributed by atoms with Crippen LogP contribution in [-0.2, 0) is 9.59 Å². The Morgan fingerprint density at radius 1 is 1.04 bits per heavy atom. The largest absolute Gasteiger partial charge is 0.342 e. The van der Waals surface area contributed by atoms with E-state index >= 15 is 0 Å². The number of nitrogens with zero attached hydrogens (tertiary/aromatic N) is 1. The maximum absolute atomic E-state index is 12.6. The highest BCUT2D eigenvalue weighted by atomic mass is 16.2. The van der Waals surface area contributed by atoms with Crippen LogP contribution in [0.3, 0.4) is 0 Å². The molecule has 0 aliphatic carbocycles. The van der Waals surface area contributed by atoms with Crippen molar-refractivity contribution in [1.29, 1.82) is 0 Å². The molecule has 1 aliphatic rings. The Morgan fingerprint density at radius 3 is 2.00 bits per heavy atom. The van der Waals surface area contributed by atoms with Crippen molar-refractivity contribution in [3.63, 3.8) is 0 Å². The summed E-state index contributed by atoms with van der Waals surface area (Å²) in [5.41, 5.74) is 3.98. The number of likely N-dealkylation sites (tertiary alicyclic amines) is 1. The number of amides is 2. The van der Waals surface area contributed by atoms with Gasteiger partial charge in [-0.15, -0.1) is 0 Å². The van der Waals surface area contributed by atoms with E-state index in [4.69, 9.17) is 0 Å². The number of nitrogens with one attached hydrogen (secondary N) is 1. The molecule has 1 aliphatic heterocycles. The van der Waals surface area contributed by atoms with Gasteiger partial charge >= 0.3 is 0 Å². The predicted molar refractivity (Wildman–Crippen MR) is 98.0 cm³/mol. The van der Waals surface area contributed by atoms with Gasteiger partial charge in [0.15, 0.2) is 0 Å². The number of piperidine rings is 1. The maximum atomic E-state index is 12.6. The summed E-state index contributed by atoms with van der Waals surface area (Å²) in [6.07, 6.45) is 1.47. The van der Waals surface area contributed by atoms with Crippen LogP contribution in [0.5, 0.6) is 0 Å². The van der Waals surface area contributed by atoms with Crippen molar-refractivity contribution in [2.24, 2.45) is 11.3 Å². The lowest BCUT2D eigenvalue weighted by Gasteiger charge is -2.35. The van der Waals surface area contributed by atoms with Crippen molar-refractivity contribution >= 4 is 17.5 Å². The molecule has 4 nitrogen and oxygen atoms in total. The highest BCUT2D eigenvalue weighted by molar-refractivity contribution is 5.94. The third-order valence-corrected chi connectivity index (χ3v) is 4.72. The summed E-state index contributed by atoms with van der Waals surface area (Å²) in [6.45, 7) is 13.3. The molecule has 0 bridgehead atoms. The first kappa shape index (κ1) is 18.5. The molecule has 132 valence electrons. The summed E-state index contributed by atoms with van der Waals surface area (Å²) in [4.78, 5) is 26.8. The number of rotatable bonds is 2. The second-order valence-electron chi connectivity index (χ2n) is 8.08. The predicted octanol–water partition coefficient (Wildman–Crippen LogP) is 3.84. The number of aryl methyl sites for hydroxylation is 3. The van der Waals surface area contributed by atoms with E-state index in [-0.39, 0.29) is 23.1 Å². The Bertz CT molecular complexity index is 613. The van der Waals surface area contributed by atoms with E-state index in [9.17, 15) is 9.59 Å². The fraction of sp³-hybridized carbons (Fsp3) is 0.600. The Labute approximate surface area is 145 Å². The lowest BCUT2D eigenvalue weighted by Crippen LogP contribution is -2.45. The molecule has 0 spiro atoms. The van der Waals surface area contributed by atoms with Crippen LogP contribution < -0.4 is 5.32 Å². The van der Waals surface area contributed by atoms with Gasteiger partial charge in [-0.05, 0) is 44.7 Å². The van der Waals surface area contributed by atoms with Gasteiger partial charge < -0.3 is 10.2 Å². The van der Waals surface area contributed by atoms with E-state index in [2.05, 4.69) is 24.4 Å². The van der Waals surface area contributed by atoms with Gasteiger partial charge in [0.25, 0.3) is 0 Å². The third-order valence-electron chi connectivity index (χ3n) is 4.72. The van der Waals surface area contributed by atoms with E-state index in [0.29, 0.717) is 13.1 Å². The number of carbonyl (C=O) groups excluding carboxylic acids is 2. The number of benzene rings is 1. The summed E-state index contributed by atoms with van der Waals surface area (Å²) in [5, 5.41) is 3.11. The van der Waals surface area contributed by atoms with Crippen LogP contribution in [0.25, 0.3) is 0 Å². The van der Waals surface area contributed by atoms with Gasteiger partial charge in [0.05, 0.1) is 0 Å². The zero-order valence-corrected chi connectivity index (χ0v) is 15.8. The van der Waals surface area contributed by atoms with E-state index < -0.39 is 0 Å². The minimum Gasteiger partial charge on any atom is -0.342 e. The second-order valence-corrected chi connectivity index (χ2v) is 8.08. The standard InChI is InChI=1S/C20H30N2O2/c1-13-11-14(2)17(15(3)12-13)21-18(23)16-7-9-22(10-8-16)19(24)20(4,5)6/h11-12,16H,7-10H2,1-6H3,(H,21,23). The highest BCUT2D eigenvalue weighted by Crippen LogP contribution is 2.26.